The number of hydrogen-bond acceptors (Lipinski definition) is 2. The van der Waals surface area contributed by atoms with E-state index in [-0.39, 0.29) is 36.4 Å². The first-order chi connectivity index (χ1) is 11.6. The van der Waals surface area contributed by atoms with Crippen molar-refractivity contribution in [1.82, 2.24) is 16.0 Å². The fourth-order valence-electron chi connectivity index (χ4n) is 2.26. The maximum absolute atomic E-state index is 11.9. The summed E-state index contributed by atoms with van der Waals surface area (Å²) in [4.78, 5) is 16.2. The lowest BCUT2D eigenvalue weighted by atomic mass is 10.1. The molecule has 0 spiro atoms. The molecule has 5 nitrogen and oxygen atoms in total. The molecular formula is C19H33IN4O. The zero-order valence-corrected chi connectivity index (χ0v) is 18.0. The molecule has 1 aromatic carbocycles. The van der Waals surface area contributed by atoms with Crippen molar-refractivity contribution in [3.63, 3.8) is 0 Å². The van der Waals surface area contributed by atoms with Gasteiger partial charge < -0.3 is 16.0 Å². The van der Waals surface area contributed by atoms with Crippen molar-refractivity contribution in [3.05, 3.63) is 35.9 Å². The number of halogens is 1. The van der Waals surface area contributed by atoms with Crippen molar-refractivity contribution in [2.24, 2.45) is 10.9 Å². The third-order valence-electron chi connectivity index (χ3n) is 3.55. The Morgan fingerprint density at radius 1 is 1.08 bits per heavy atom. The smallest absolute Gasteiger partial charge is 0.241 e. The monoisotopic (exact) mass is 460 g/mol. The number of benzene rings is 1. The van der Waals surface area contributed by atoms with Crippen molar-refractivity contribution in [1.29, 1.82) is 0 Å². The van der Waals surface area contributed by atoms with Crippen LogP contribution in [0.15, 0.2) is 35.3 Å². The van der Waals surface area contributed by atoms with E-state index < -0.39 is 0 Å². The second kappa shape index (κ2) is 15.0. The summed E-state index contributed by atoms with van der Waals surface area (Å²) >= 11 is 0. The molecule has 0 saturated heterocycles. The third kappa shape index (κ3) is 12.7. The molecule has 6 heteroatoms. The Labute approximate surface area is 169 Å². The van der Waals surface area contributed by atoms with Crippen LogP contribution in [0.3, 0.4) is 0 Å². The Kier molecular flexibility index (Phi) is 14.2. The van der Waals surface area contributed by atoms with E-state index in [9.17, 15) is 4.79 Å². The highest BCUT2D eigenvalue weighted by Crippen LogP contribution is 2.01. The minimum atomic E-state index is -0.0506. The topological polar surface area (TPSA) is 65.5 Å². The number of aliphatic imine (C=N–C) groups is 1. The fourth-order valence-corrected chi connectivity index (χ4v) is 2.26. The predicted molar refractivity (Wildman–Crippen MR) is 117 cm³/mol. The standard InChI is InChI=1S/C19H32N4O.HI/c1-4-20-19(22-13-8-9-16(2)3)23-15-18(24)21-14-12-17-10-6-5-7-11-17;/h5-7,10-11,16H,4,8-9,12-15H2,1-3H3,(H,21,24)(H2,20,22,23);1H. The van der Waals surface area contributed by atoms with E-state index in [4.69, 9.17) is 0 Å². The van der Waals surface area contributed by atoms with Crippen LogP contribution in [0, 0.1) is 5.92 Å². The van der Waals surface area contributed by atoms with Gasteiger partial charge in [0.15, 0.2) is 5.96 Å². The molecule has 25 heavy (non-hydrogen) atoms. The van der Waals surface area contributed by atoms with Gasteiger partial charge in [-0.05, 0) is 37.7 Å². The number of hydrogen-bond donors (Lipinski definition) is 3. The Bertz CT molecular complexity index is 491. The van der Waals surface area contributed by atoms with Crippen LogP contribution in [0.25, 0.3) is 0 Å². The lowest BCUT2D eigenvalue weighted by molar-refractivity contribution is -0.119. The van der Waals surface area contributed by atoms with Crippen LogP contribution in [-0.4, -0.2) is 38.0 Å². The summed E-state index contributed by atoms with van der Waals surface area (Å²) < 4.78 is 0. The molecule has 0 fully saturated rings. The third-order valence-corrected chi connectivity index (χ3v) is 3.55. The maximum Gasteiger partial charge on any atom is 0.241 e. The van der Waals surface area contributed by atoms with Gasteiger partial charge >= 0.3 is 0 Å². The van der Waals surface area contributed by atoms with Crippen LogP contribution in [0.1, 0.15) is 39.2 Å². The van der Waals surface area contributed by atoms with Gasteiger partial charge in [0, 0.05) is 19.6 Å². The quantitative estimate of drug-likeness (QED) is 0.218. The molecule has 0 aliphatic carbocycles. The van der Waals surface area contributed by atoms with Gasteiger partial charge in [-0.2, -0.15) is 0 Å². The van der Waals surface area contributed by atoms with Crippen LogP contribution in [-0.2, 0) is 11.2 Å². The summed E-state index contributed by atoms with van der Waals surface area (Å²) in [5.74, 6) is 1.37. The average Bonchev–Trinajstić information content (AvgIpc) is 2.57. The van der Waals surface area contributed by atoms with Gasteiger partial charge in [-0.25, -0.2) is 4.99 Å². The molecular weight excluding hydrogens is 427 g/mol. The number of nitrogens with one attached hydrogen (secondary N) is 3. The zero-order chi connectivity index (χ0) is 17.6. The van der Waals surface area contributed by atoms with Crippen molar-refractivity contribution in [2.45, 2.75) is 40.0 Å². The molecule has 142 valence electrons. The van der Waals surface area contributed by atoms with Gasteiger partial charge in [0.2, 0.25) is 5.91 Å². The van der Waals surface area contributed by atoms with E-state index in [1.807, 2.05) is 25.1 Å². The van der Waals surface area contributed by atoms with Crippen LogP contribution < -0.4 is 16.0 Å². The number of nitrogens with zero attached hydrogens (tertiary/aromatic N) is 1. The number of amides is 1. The molecule has 0 atom stereocenters. The van der Waals surface area contributed by atoms with E-state index in [0.717, 1.165) is 25.9 Å². The van der Waals surface area contributed by atoms with E-state index >= 15 is 0 Å². The second-order valence-electron chi connectivity index (χ2n) is 6.24. The van der Waals surface area contributed by atoms with Gasteiger partial charge in [0.25, 0.3) is 0 Å². The number of carbonyl (C=O) groups excluding carboxylic acids is 1. The van der Waals surface area contributed by atoms with Gasteiger partial charge in [0.1, 0.15) is 6.54 Å². The van der Waals surface area contributed by atoms with Crippen LogP contribution in [0.5, 0.6) is 0 Å². The van der Waals surface area contributed by atoms with Gasteiger partial charge in [-0.15, -0.1) is 24.0 Å². The van der Waals surface area contributed by atoms with Gasteiger partial charge in [-0.1, -0.05) is 44.2 Å². The first-order valence-electron chi connectivity index (χ1n) is 8.94. The second-order valence-corrected chi connectivity index (χ2v) is 6.24. The highest BCUT2D eigenvalue weighted by Gasteiger charge is 2.02. The summed E-state index contributed by atoms with van der Waals surface area (Å²) in [5, 5.41) is 9.35. The van der Waals surface area contributed by atoms with Crippen LogP contribution >= 0.6 is 24.0 Å². The summed E-state index contributed by atoms with van der Waals surface area (Å²) in [6.07, 6.45) is 3.13. The molecule has 0 aliphatic heterocycles. The lowest BCUT2D eigenvalue weighted by Gasteiger charge is -2.12. The van der Waals surface area contributed by atoms with Crippen molar-refractivity contribution < 1.29 is 4.79 Å². The zero-order valence-electron chi connectivity index (χ0n) is 15.7. The van der Waals surface area contributed by atoms with E-state index in [1.165, 1.54) is 12.0 Å². The van der Waals surface area contributed by atoms with Crippen molar-refractivity contribution in [2.75, 3.05) is 26.2 Å². The van der Waals surface area contributed by atoms with Crippen LogP contribution in [0.2, 0.25) is 0 Å². The van der Waals surface area contributed by atoms with E-state index in [2.05, 4.69) is 46.9 Å². The van der Waals surface area contributed by atoms with E-state index in [0.29, 0.717) is 18.4 Å². The molecule has 0 radical (unpaired) electrons. The minimum absolute atomic E-state index is 0. The van der Waals surface area contributed by atoms with Gasteiger partial charge in [-0.3, -0.25) is 4.79 Å². The first kappa shape index (κ1) is 23.7. The molecule has 1 rings (SSSR count). The molecule has 0 unspecified atom stereocenters. The van der Waals surface area contributed by atoms with E-state index in [1.54, 1.807) is 0 Å². The molecule has 0 aromatic heterocycles. The predicted octanol–water partition coefficient (Wildman–Crippen LogP) is 2.95. The highest BCUT2D eigenvalue weighted by atomic mass is 127. The van der Waals surface area contributed by atoms with Crippen molar-refractivity contribution in [3.8, 4) is 0 Å². The molecule has 0 aliphatic rings. The summed E-state index contributed by atoms with van der Waals surface area (Å²) in [6, 6.07) is 10.1. The fraction of sp³-hybridized carbons (Fsp3) is 0.579. The number of guanidine groups is 1. The normalized spacial score (nSPS) is 11.0. The first-order valence-corrected chi connectivity index (χ1v) is 8.94. The Morgan fingerprint density at radius 3 is 2.44 bits per heavy atom. The SMILES string of the molecule is CCNC(=NCC(=O)NCCc1ccccc1)NCCCC(C)C.I. The summed E-state index contributed by atoms with van der Waals surface area (Å²) in [6.45, 7) is 8.90. The number of rotatable bonds is 10. The highest BCUT2D eigenvalue weighted by molar-refractivity contribution is 14.0. The molecule has 0 bridgehead atoms. The molecule has 1 amide bonds. The Balaban J connectivity index is 0.00000576. The molecule has 0 saturated carbocycles. The summed E-state index contributed by atoms with van der Waals surface area (Å²) in [7, 11) is 0. The van der Waals surface area contributed by atoms with Crippen LogP contribution in [0.4, 0.5) is 0 Å². The lowest BCUT2D eigenvalue weighted by Crippen LogP contribution is -2.39. The Hall–Kier alpha value is -1.31. The Morgan fingerprint density at radius 2 is 1.80 bits per heavy atom. The average molecular weight is 460 g/mol. The largest absolute Gasteiger partial charge is 0.357 e. The number of carbonyl (C=O) groups is 1. The van der Waals surface area contributed by atoms with Gasteiger partial charge in [0.05, 0.1) is 0 Å². The summed E-state index contributed by atoms with van der Waals surface area (Å²) in [5.41, 5.74) is 1.22. The molecule has 3 N–H and O–H groups in total. The molecule has 0 heterocycles. The molecule has 1 aromatic rings. The van der Waals surface area contributed by atoms with Crippen molar-refractivity contribution >= 4 is 35.8 Å². The maximum atomic E-state index is 11.9. The minimum Gasteiger partial charge on any atom is -0.357 e.